The minimum Gasteiger partial charge on any atom is -0.445 e. The lowest BCUT2D eigenvalue weighted by Gasteiger charge is -2.37. The Bertz CT molecular complexity index is 481. The number of rotatable bonds is 6. The molecule has 1 fully saturated rings. The zero-order valence-electron chi connectivity index (χ0n) is 12.7. The Morgan fingerprint density at radius 3 is 2.59 bits per heavy atom. The molecule has 2 rings (SSSR count). The summed E-state index contributed by atoms with van der Waals surface area (Å²) in [5.41, 5.74) is 0.206. The Labute approximate surface area is 130 Å². The van der Waals surface area contributed by atoms with Crippen LogP contribution in [0, 0.1) is 0 Å². The highest BCUT2D eigenvalue weighted by atomic mass is 16.6. The second kappa shape index (κ2) is 7.94. The Hall–Kier alpha value is -1.88. The summed E-state index contributed by atoms with van der Waals surface area (Å²) in [7, 11) is 0. The van der Waals surface area contributed by atoms with Gasteiger partial charge in [0.15, 0.2) is 0 Å². The van der Waals surface area contributed by atoms with Gasteiger partial charge in [0, 0.05) is 19.5 Å². The molecule has 0 bridgehead atoms. The minimum atomic E-state index is -0.751. The van der Waals surface area contributed by atoms with Crippen LogP contribution in [-0.4, -0.2) is 41.1 Å². The van der Waals surface area contributed by atoms with Gasteiger partial charge >= 0.3 is 6.09 Å². The van der Waals surface area contributed by atoms with E-state index in [4.69, 9.17) is 4.74 Å². The summed E-state index contributed by atoms with van der Waals surface area (Å²) in [4.78, 5) is 24.0. The number of piperidine rings is 1. The summed E-state index contributed by atoms with van der Waals surface area (Å²) in [6.45, 7) is 1.25. The molecule has 0 radical (unpaired) electrons. The van der Waals surface area contributed by atoms with Crippen molar-refractivity contribution >= 4 is 12.4 Å². The molecule has 22 heavy (non-hydrogen) atoms. The first-order valence-electron chi connectivity index (χ1n) is 7.75. The van der Waals surface area contributed by atoms with Gasteiger partial charge in [-0.05, 0) is 31.2 Å². The Morgan fingerprint density at radius 1 is 1.27 bits per heavy atom. The maximum absolute atomic E-state index is 12.0. The molecule has 0 saturated carbocycles. The predicted octanol–water partition coefficient (Wildman–Crippen LogP) is 2.52. The van der Waals surface area contributed by atoms with Crippen molar-refractivity contribution in [1.82, 2.24) is 4.90 Å². The van der Waals surface area contributed by atoms with E-state index in [9.17, 15) is 14.7 Å². The number of aliphatic hydroxyl groups is 1. The van der Waals surface area contributed by atoms with Gasteiger partial charge in [-0.15, -0.1) is 0 Å². The maximum atomic E-state index is 12.0. The summed E-state index contributed by atoms with van der Waals surface area (Å²) in [5.74, 6) is 0. The van der Waals surface area contributed by atoms with Gasteiger partial charge in [-0.2, -0.15) is 0 Å². The van der Waals surface area contributed by atoms with Crippen molar-refractivity contribution < 1.29 is 19.4 Å². The van der Waals surface area contributed by atoms with Crippen LogP contribution in [0.2, 0.25) is 0 Å². The highest BCUT2D eigenvalue weighted by molar-refractivity contribution is 5.67. The predicted molar refractivity (Wildman–Crippen MR) is 82.3 cm³/mol. The van der Waals surface area contributed by atoms with Gasteiger partial charge in [-0.1, -0.05) is 30.3 Å². The lowest BCUT2D eigenvalue weighted by Crippen LogP contribution is -2.46. The number of carbonyl (C=O) groups excluding carboxylic acids is 2. The average Bonchev–Trinajstić information content (AvgIpc) is 2.54. The van der Waals surface area contributed by atoms with Crippen LogP contribution in [0.1, 0.15) is 37.7 Å². The topological polar surface area (TPSA) is 66.8 Å². The third-order valence-electron chi connectivity index (χ3n) is 4.12. The molecule has 1 aliphatic heterocycles. The monoisotopic (exact) mass is 305 g/mol. The Kier molecular flexibility index (Phi) is 5.95. The fourth-order valence-electron chi connectivity index (χ4n) is 2.68. The van der Waals surface area contributed by atoms with Crippen LogP contribution in [0.15, 0.2) is 30.3 Å². The molecular formula is C17H23NO4. The molecule has 5 heteroatoms. The van der Waals surface area contributed by atoms with E-state index in [0.29, 0.717) is 45.2 Å². The molecule has 1 heterocycles. The van der Waals surface area contributed by atoms with Crippen molar-refractivity contribution in [3.05, 3.63) is 35.9 Å². The van der Waals surface area contributed by atoms with Crippen LogP contribution in [0.5, 0.6) is 0 Å². The molecule has 0 unspecified atom stereocenters. The second-order valence-electron chi connectivity index (χ2n) is 5.81. The first-order chi connectivity index (χ1) is 10.6. The third-order valence-corrected chi connectivity index (χ3v) is 4.12. The van der Waals surface area contributed by atoms with Crippen LogP contribution in [0.4, 0.5) is 4.79 Å². The van der Waals surface area contributed by atoms with E-state index in [1.54, 1.807) is 4.90 Å². The fraction of sp³-hybridized carbons (Fsp3) is 0.529. The average molecular weight is 305 g/mol. The third kappa shape index (κ3) is 4.84. The summed E-state index contributed by atoms with van der Waals surface area (Å²) in [6, 6.07) is 9.55. The van der Waals surface area contributed by atoms with Gasteiger partial charge < -0.3 is 19.5 Å². The highest BCUT2D eigenvalue weighted by Crippen LogP contribution is 2.27. The molecule has 0 aliphatic carbocycles. The number of likely N-dealkylation sites (tertiary alicyclic amines) is 1. The van der Waals surface area contributed by atoms with Crippen LogP contribution in [-0.2, 0) is 16.1 Å². The fourth-order valence-corrected chi connectivity index (χ4v) is 2.68. The molecular weight excluding hydrogens is 282 g/mol. The van der Waals surface area contributed by atoms with Crippen molar-refractivity contribution in [2.24, 2.45) is 0 Å². The molecule has 0 atom stereocenters. The summed E-state index contributed by atoms with van der Waals surface area (Å²) < 4.78 is 5.29. The molecule has 1 N–H and O–H groups in total. The van der Waals surface area contributed by atoms with Crippen LogP contribution >= 0.6 is 0 Å². The van der Waals surface area contributed by atoms with Gasteiger partial charge in [0.2, 0.25) is 0 Å². The van der Waals surface area contributed by atoms with Crippen molar-refractivity contribution in [2.75, 3.05) is 13.1 Å². The van der Waals surface area contributed by atoms with Gasteiger partial charge in [-0.25, -0.2) is 4.79 Å². The molecule has 0 aromatic heterocycles. The van der Waals surface area contributed by atoms with Crippen LogP contribution in [0.25, 0.3) is 0 Å². The first kappa shape index (κ1) is 16.5. The SMILES string of the molecule is O=CCCCC1(O)CCN(C(=O)OCc2ccccc2)CC1. The van der Waals surface area contributed by atoms with E-state index in [1.165, 1.54) is 0 Å². The number of hydrogen-bond donors (Lipinski definition) is 1. The molecule has 1 aromatic carbocycles. The lowest BCUT2D eigenvalue weighted by molar-refractivity contribution is -0.108. The highest BCUT2D eigenvalue weighted by Gasteiger charge is 2.33. The number of amides is 1. The van der Waals surface area contributed by atoms with Crippen molar-refractivity contribution in [2.45, 2.75) is 44.3 Å². The number of hydrogen-bond acceptors (Lipinski definition) is 4. The molecule has 5 nitrogen and oxygen atoms in total. The lowest BCUT2D eigenvalue weighted by atomic mass is 9.87. The first-order valence-corrected chi connectivity index (χ1v) is 7.75. The second-order valence-corrected chi connectivity index (χ2v) is 5.81. The van der Waals surface area contributed by atoms with Crippen LogP contribution in [0.3, 0.4) is 0 Å². The molecule has 1 amide bonds. The van der Waals surface area contributed by atoms with Gasteiger partial charge in [0.05, 0.1) is 5.60 Å². The number of carbonyl (C=O) groups is 2. The summed E-state index contributed by atoms with van der Waals surface area (Å²) >= 11 is 0. The normalized spacial score (nSPS) is 17.0. The van der Waals surface area contributed by atoms with E-state index in [0.717, 1.165) is 11.8 Å². The summed E-state index contributed by atoms with van der Waals surface area (Å²) in [6.07, 6.45) is 3.39. The zero-order valence-corrected chi connectivity index (χ0v) is 12.7. The molecule has 1 saturated heterocycles. The smallest absolute Gasteiger partial charge is 0.410 e. The molecule has 1 aliphatic rings. The molecule has 120 valence electrons. The van der Waals surface area contributed by atoms with E-state index >= 15 is 0 Å². The Morgan fingerprint density at radius 2 is 1.95 bits per heavy atom. The molecule has 0 spiro atoms. The number of benzene rings is 1. The van der Waals surface area contributed by atoms with Gasteiger partial charge in [0.1, 0.15) is 12.9 Å². The maximum Gasteiger partial charge on any atom is 0.410 e. The number of unbranched alkanes of at least 4 members (excludes halogenated alkanes) is 1. The number of ether oxygens (including phenoxy) is 1. The van der Waals surface area contributed by atoms with E-state index in [2.05, 4.69) is 0 Å². The van der Waals surface area contributed by atoms with Crippen LogP contribution < -0.4 is 0 Å². The van der Waals surface area contributed by atoms with Crippen molar-refractivity contribution in [3.8, 4) is 0 Å². The minimum absolute atomic E-state index is 0.264. The number of nitrogens with zero attached hydrogens (tertiary/aromatic N) is 1. The van der Waals surface area contributed by atoms with E-state index < -0.39 is 5.60 Å². The van der Waals surface area contributed by atoms with Crippen molar-refractivity contribution in [3.63, 3.8) is 0 Å². The van der Waals surface area contributed by atoms with E-state index in [1.807, 2.05) is 30.3 Å². The zero-order chi connectivity index (χ0) is 15.8. The number of aldehydes is 1. The van der Waals surface area contributed by atoms with Gasteiger partial charge in [-0.3, -0.25) is 0 Å². The molecule has 1 aromatic rings. The van der Waals surface area contributed by atoms with Crippen molar-refractivity contribution in [1.29, 1.82) is 0 Å². The largest absolute Gasteiger partial charge is 0.445 e. The Balaban J connectivity index is 1.73. The standard InChI is InChI=1S/C17H23NO4/c19-13-5-4-8-17(21)9-11-18(12-10-17)16(20)22-14-15-6-2-1-3-7-15/h1-3,6-7,13,21H,4-5,8-12,14H2. The van der Waals surface area contributed by atoms with Gasteiger partial charge in [0.25, 0.3) is 0 Å². The summed E-state index contributed by atoms with van der Waals surface area (Å²) in [5, 5.41) is 10.4. The quantitative estimate of drug-likeness (QED) is 0.648. The van der Waals surface area contributed by atoms with E-state index in [-0.39, 0.29) is 12.7 Å².